The third-order valence-corrected chi connectivity index (χ3v) is 8.02. The van der Waals surface area contributed by atoms with E-state index >= 15 is 0 Å². The molecule has 0 fully saturated rings. The van der Waals surface area contributed by atoms with E-state index in [0.717, 1.165) is 22.6 Å². The van der Waals surface area contributed by atoms with Gasteiger partial charge in [0.2, 0.25) is 0 Å². The first-order valence-electron chi connectivity index (χ1n) is 16.0. The molecule has 0 saturated carbocycles. The summed E-state index contributed by atoms with van der Waals surface area (Å²) in [4.78, 5) is 24.7. The number of hydrogen-bond acceptors (Lipinski definition) is 9. The second kappa shape index (κ2) is 16.1. The van der Waals surface area contributed by atoms with Crippen molar-refractivity contribution >= 4 is 18.2 Å². The van der Waals surface area contributed by atoms with Gasteiger partial charge in [-0.05, 0) is 81.8 Å². The summed E-state index contributed by atoms with van der Waals surface area (Å²) in [6, 6.07) is 19.8. The summed E-state index contributed by atoms with van der Waals surface area (Å²) in [6.45, 7) is 7.70. The van der Waals surface area contributed by atoms with Crippen LogP contribution in [0.4, 0.5) is 9.18 Å². The summed E-state index contributed by atoms with van der Waals surface area (Å²) in [5, 5.41) is 20.1. The van der Waals surface area contributed by atoms with Gasteiger partial charge < -0.3 is 39.3 Å². The maximum absolute atomic E-state index is 13.9. The fourth-order valence-corrected chi connectivity index (χ4v) is 5.60. The number of halogens is 1. The molecule has 0 radical (unpaired) electrons. The summed E-state index contributed by atoms with van der Waals surface area (Å²) < 4.78 is 38.3. The number of carbonyl (C=O) groups is 2. The van der Waals surface area contributed by atoms with E-state index in [1.165, 1.54) is 13.2 Å². The number of esters is 1. The Morgan fingerprint density at radius 3 is 2.52 bits per heavy atom. The Morgan fingerprint density at radius 1 is 1.04 bits per heavy atom. The van der Waals surface area contributed by atoms with Crippen LogP contribution in [0.5, 0.6) is 17.2 Å². The highest BCUT2D eigenvalue weighted by Gasteiger charge is 2.32. The Morgan fingerprint density at radius 2 is 1.80 bits per heavy atom. The number of hydrogen-bond donors (Lipinski definition) is 4. The van der Waals surface area contributed by atoms with Crippen LogP contribution < -0.4 is 30.3 Å². The molecule has 4 aromatic rings. The number of nitrogens with one attached hydrogen (secondary N) is 3. The quantitative estimate of drug-likeness (QED) is 0.0604. The molecule has 0 unspecified atom stereocenters. The number of nitrogens with zero attached hydrogens (tertiary/aromatic N) is 2. The second-order valence-electron chi connectivity index (χ2n) is 11.5. The number of urea groups is 1. The number of benzene rings is 3. The molecule has 4 N–H and O–H groups in total. The molecule has 262 valence electrons. The van der Waals surface area contributed by atoms with E-state index in [9.17, 15) is 19.1 Å². The van der Waals surface area contributed by atoms with Gasteiger partial charge in [-0.3, -0.25) is 5.43 Å². The van der Waals surface area contributed by atoms with Crippen LogP contribution in [0, 0.1) is 19.7 Å². The third kappa shape index (κ3) is 8.24. The summed E-state index contributed by atoms with van der Waals surface area (Å²) >= 11 is 0. The third-order valence-electron chi connectivity index (χ3n) is 8.02. The van der Waals surface area contributed by atoms with Crippen molar-refractivity contribution in [2.75, 3.05) is 20.3 Å². The number of allylic oxidation sites excluding steroid dienone is 1. The van der Waals surface area contributed by atoms with Gasteiger partial charge in [-0.1, -0.05) is 24.3 Å². The van der Waals surface area contributed by atoms with Crippen LogP contribution in [-0.2, 0) is 16.1 Å². The highest BCUT2D eigenvalue weighted by molar-refractivity contribution is 5.95. The van der Waals surface area contributed by atoms with E-state index in [1.54, 1.807) is 49.5 Å². The predicted octanol–water partition coefficient (Wildman–Crippen LogP) is 5.33. The number of amides is 2. The summed E-state index contributed by atoms with van der Waals surface area (Å²) in [5.41, 5.74) is 8.09. The molecule has 0 spiro atoms. The van der Waals surface area contributed by atoms with Gasteiger partial charge in [-0.2, -0.15) is 5.10 Å². The van der Waals surface area contributed by atoms with Gasteiger partial charge in [0.1, 0.15) is 24.8 Å². The normalized spacial score (nSPS) is 14.9. The van der Waals surface area contributed by atoms with E-state index < -0.39 is 24.3 Å². The lowest BCUT2D eigenvalue weighted by molar-refractivity contribution is -0.136. The fourth-order valence-electron chi connectivity index (χ4n) is 5.60. The van der Waals surface area contributed by atoms with Gasteiger partial charge in [-0.15, -0.1) is 0 Å². The lowest BCUT2D eigenvalue weighted by Gasteiger charge is -2.28. The van der Waals surface area contributed by atoms with E-state index in [-0.39, 0.29) is 24.6 Å². The molecular weight excluding hydrogens is 645 g/mol. The Bertz CT molecular complexity index is 1900. The molecule has 0 saturated heterocycles. The molecule has 2 heterocycles. The second-order valence-corrected chi connectivity index (χ2v) is 11.5. The van der Waals surface area contributed by atoms with E-state index in [2.05, 4.69) is 25.7 Å². The van der Waals surface area contributed by atoms with Crippen LogP contribution >= 0.6 is 0 Å². The highest BCUT2D eigenvalue weighted by atomic mass is 19.1. The largest absolute Gasteiger partial charge is 0.490 e. The number of aliphatic hydroxyl groups excluding tert-OH is 1. The van der Waals surface area contributed by atoms with Crippen molar-refractivity contribution in [2.45, 2.75) is 46.6 Å². The zero-order chi connectivity index (χ0) is 35.8. The molecule has 12 nitrogen and oxygen atoms in total. The van der Waals surface area contributed by atoms with Crippen molar-refractivity contribution in [3.63, 3.8) is 0 Å². The molecule has 2 atom stereocenters. The SMILES string of the molecule is CCOc1cc([C@H]2NC(=O)NC(C)=C2C(=O)OC)ccc1OC[C@H](O)N/N=C/c1cc(C)n(-c2ccc(OCc3ccccc3F)cc2)c1C. The van der Waals surface area contributed by atoms with Crippen molar-refractivity contribution in [3.8, 4) is 22.9 Å². The monoisotopic (exact) mass is 685 g/mol. The number of methoxy groups -OCH3 is 1. The van der Waals surface area contributed by atoms with Gasteiger partial charge in [0, 0.05) is 33.9 Å². The standard InChI is InChI=1S/C37H40FN5O7/c1-6-48-32-18-25(35-34(36(45)47-5)23(3)40-37(46)41-35)11-16-31(32)50-21-33(44)42-39-19-27-17-22(2)43(24(27)4)28-12-14-29(15-13-28)49-20-26-9-7-8-10-30(26)38/h7-19,33,35,42,44H,6,20-21H2,1-5H3,(H2,40,41,46)/b39-19+/t33-,35+/m0/s1. The summed E-state index contributed by atoms with van der Waals surface area (Å²) in [6.07, 6.45) is 0.469. The van der Waals surface area contributed by atoms with Crippen LogP contribution in [0.3, 0.4) is 0 Å². The molecule has 0 aliphatic carbocycles. The number of aliphatic hydroxyl groups is 1. The van der Waals surface area contributed by atoms with Gasteiger partial charge in [0.25, 0.3) is 0 Å². The Balaban J connectivity index is 1.20. The van der Waals surface area contributed by atoms with Crippen LogP contribution in [0.15, 0.2) is 89.2 Å². The molecule has 5 rings (SSSR count). The highest BCUT2D eigenvalue weighted by Crippen LogP contribution is 2.35. The van der Waals surface area contributed by atoms with Gasteiger partial charge >= 0.3 is 12.0 Å². The molecule has 1 aromatic heterocycles. The zero-order valence-corrected chi connectivity index (χ0v) is 28.5. The van der Waals surface area contributed by atoms with Gasteiger partial charge in [0.15, 0.2) is 17.7 Å². The number of rotatable bonds is 14. The molecule has 1 aliphatic rings. The Hall–Kier alpha value is -5.82. The molecule has 2 amide bonds. The first kappa shape index (κ1) is 35.5. The van der Waals surface area contributed by atoms with Crippen LogP contribution in [0.2, 0.25) is 0 Å². The van der Waals surface area contributed by atoms with Crippen LogP contribution in [0.1, 0.15) is 48.0 Å². The topological polar surface area (TPSA) is 145 Å². The zero-order valence-electron chi connectivity index (χ0n) is 28.5. The van der Waals surface area contributed by atoms with E-state index in [1.807, 2.05) is 51.1 Å². The van der Waals surface area contributed by atoms with E-state index in [4.69, 9.17) is 18.9 Å². The number of ether oxygens (including phenoxy) is 4. The number of carbonyl (C=O) groups excluding carboxylic acids is 2. The van der Waals surface area contributed by atoms with Crippen molar-refractivity contribution in [1.29, 1.82) is 0 Å². The molecular formula is C37H40FN5O7. The summed E-state index contributed by atoms with van der Waals surface area (Å²) in [5.74, 6) is 0.472. The molecule has 50 heavy (non-hydrogen) atoms. The number of hydrazone groups is 1. The van der Waals surface area contributed by atoms with E-state index in [0.29, 0.717) is 40.7 Å². The van der Waals surface area contributed by atoms with Crippen molar-refractivity contribution < 1.29 is 38.0 Å². The summed E-state index contributed by atoms with van der Waals surface area (Å²) in [7, 11) is 1.27. The Kier molecular flexibility index (Phi) is 11.4. The van der Waals surface area contributed by atoms with Gasteiger partial charge in [0.05, 0.1) is 31.5 Å². The lowest BCUT2D eigenvalue weighted by atomic mass is 9.95. The minimum Gasteiger partial charge on any atom is -0.490 e. The maximum atomic E-state index is 13.9. The predicted molar refractivity (Wildman–Crippen MR) is 185 cm³/mol. The Labute approximate surface area is 289 Å². The average Bonchev–Trinajstić information content (AvgIpc) is 3.38. The first-order chi connectivity index (χ1) is 24.1. The minimum atomic E-state index is -1.15. The van der Waals surface area contributed by atoms with Gasteiger partial charge in [-0.25, -0.2) is 14.0 Å². The maximum Gasteiger partial charge on any atom is 0.337 e. The van der Waals surface area contributed by atoms with Crippen LogP contribution in [0.25, 0.3) is 5.69 Å². The minimum absolute atomic E-state index is 0.133. The van der Waals surface area contributed by atoms with Crippen LogP contribution in [-0.4, -0.2) is 54.4 Å². The van der Waals surface area contributed by atoms with Crippen molar-refractivity contribution in [1.82, 2.24) is 20.6 Å². The number of aryl methyl sites for hydroxylation is 1. The smallest absolute Gasteiger partial charge is 0.337 e. The van der Waals surface area contributed by atoms with Crippen molar-refractivity contribution in [2.24, 2.45) is 5.10 Å². The molecule has 3 aromatic carbocycles. The first-order valence-corrected chi connectivity index (χ1v) is 16.0. The fraction of sp³-hybridized carbons (Fsp3) is 0.270. The molecule has 0 bridgehead atoms. The molecule has 13 heteroatoms. The molecule has 1 aliphatic heterocycles. The number of aromatic nitrogens is 1. The van der Waals surface area contributed by atoms with Crippen molar-refractivity contribution in [3.05, 3.63) is 118 Å². The average molecular weight is 686 g/mol. The lowest BCUT2D eigenvalue weighted by Crippen LogP contribution is -2.45.